The third-order valence-corrected chi connectivity index (χ3v) is 5.87. The van der Waals surface area contributed by atoms with E-state index in [1.807, 2.05) is 25.6 Å². The lowest BCUT2D eigenvalue weighted by molar-refractivity contribution is 0.768. The second-order valence-corrected chi connectivity index (χ2v) is 8.45. The van der Waals surface area contributed by atoms with E-state index in [0.717, 1.165) is 60.9 Å². The van der Waals surface area contributed by atoms with E-state index in [-0.39, 0.29) is 0 Å². The zero-order valence-corrected chi connectivity index (χ0v) is 19.7. The van der Waals surface area contributed by atoms with Crippen molar-refractivity contribution in [3.05, 3.63) is 66.1 Å². The predicted molar refractivity (Wildman–Crippen MR) is 133 cm³/mol. The van der Waals surface area contributed by atoms with Gasteiger partial charge in [0.15, 0.2) is 0 Å². The summed E-state index contributed by atoms with van der Waals surface area (Å²) in [5.41, 5.74) is 8.90. The minimum Gasteiger partial charge on any atom is -0.341 e. The molecule has 0 aliphatic rings. The normalized spacial score (nSPS) is 11.2. The first kappa shape index (κ1) is 22.0. The van der Waals surface area contributed by atoms with Gasteiger partial charge in [-0.1, -0.05) is 39.7 Å². The maximum absolute atomic E-state index is 4.91. The molecule has 0 aliphatic carbocycles. The molecule has 2 aromatic carbocycles. The monoisotopic (exact) mass is 427 g/mol. The Morgan fingerprint density at radius 1 is 0.875 bits per heavy atom. The molecular formula is C27H33N5. The van der Waals surface area contributed by atoms with Gasteiger partial charge in [0.1, 0.15) is 0 Å². The molecule has 0 amide bonds. The van der Waals surface area contributed by atoms with Crippen LogP contribution in [0.1, 0.15) is 51.2 Å². The van der Waals surface area contributed by atoms with Crippen LogP contribution in [0.3, 0.4) is 0 Å². The number of unbranched alkanes of at least 4 members (excludes halogenated alkanes) is 1. The van der Waals surface area contributed by atoms with E-state index < -0.39 is 0 Å². The van der Waals surface area contributed by atoms with Crippen LogP contribution >= 0.6 is 0 Å². The molecule has 0 fully saturated rings. The molecule has 2 aromatic heterocycles. The lowest BCUT2D eigenvalue weighted by Crippen LogP contribution is -2.19. The van der Waals surface area contributed by atoms with Crippen molar-refractivity contribution in [2.75, 3.05) is 11.4 Å². The number of benzene rings is 2. The minimum absolute atomic E-state index is 0.848. The minimum atomic E-state index is 0.848. The number of hydrogen-bond donors (Lipinski definition) is 0. The van der Waals surface area contributed by atoms with Gasteiger partial charge in [-0.2, -0.15) is 5.10 Å². The highest BCUT2D eigenvalue weighted by molar-refractivity contribution is 5.82. The summed E-state index contributed by atoms with van der Waals surface area (Å²) in [5, 5.41) is 4.27. The second-order valence-electron chi connectivity index (χ2n) is 8.45. The third kappa shape index (κ3) is 4.82. The number of fused-ring (bicyclic) bond motifs is 1. The van der Waals surface area contributed by atoms with Crippen molar-refractivity contribution < 1.29 is 0 Å². The maximum Gasteiger partial charge on any atom is 0.0924 e. The van der Waals surface area contributed by atoms with Crippen LogP contribution in [0.25, 0.3) is 22.3 Å². The molecule has 4 rings (SSSR count). The molecule has 166 valence electrons. The summed E-state index contributed by atoms with van der Waals surface area (Å²) >= 11 is 0. The molecule has 2 heterocycles. The maximum atomic E-state index is 4.91. The molecule has 0 N–H and O–H groups in total. The van der Waals surface area contributed by atoms with Crippen LogP contribution < -0.4 is 4.90 Å². The number of aromatic nitrogens is 4. The van der Waals surface area contributed by atoms with Gasteiger partial charge in [-0.15, -0.1) is 0 Å². The molecule has 4 aromatic rings. The zero-order chi connectivity index (χ0) is 22.5. The Kier molecular flexibility index (Phi) is 6.84. The highest BCUT2D eigenvalue weighted by Crippen LogP contribution is 2.31. The van der Waals surface area contributed by atoms with E-state index in [9.17, 15) is 0 Å². The van der Waals surface area contributed by atoms with E-state index in [4.69, 9.17) is 4.98 Å². The summed E-state index contributed by atoms with van der Waals surface area (Å²) in [6.45, 7) is 7.71. The average Bonchev–Trinajstić information content (AvgIpc) is 3.25. The summed E-state index contributed by atoms with van der Waals surface area (Å²) < 4.78 is 1.79. The Morgan fingerprint density at radius 2 is 1.72 bits per heavy atom. The Balaban J connectivity index is 1.77. The van der Waals surface area contributed by atoms with Crippen molar-refractivity contribution in [1.29, 1.82) is 0 Å². The van der Waals surface area contributed by atoms with E-state index in [1.165, 1.54) is 22.5 Å². The first-order valence-electron chi connectivity index (χ1n) is 11.8. The van der Waals surface area contributed by atoms with Crippen LogP contribution in [0.5, 0.6) is 0 Å². The molecule has 0 aliphatic heterocycles. The van der Waals surface area contributed by atoms with Gasteiger partial charge >= 0.3 is 0 Å². The summed E-state index contributed by atoms with van der Waals surface area (Å²) in [6.07, 6.45) is 11.2. The van der Waals surface area contributed by atoms with Gasteiger partial charge in [0, 0.05) is 36.7 Å². The Bertz CT molecular complexity index is 1190. The zero-order valence-electron chi connectivity index (χ0n) is 19.7. The number of rotatable bonds is 9. The van der Waals surface area contributed by atoms with Crippen molar-refractivity contribution in [2.45, 2.75) is 52.9 Å². The summed E-state index contributed by atoms with van der Waals surface area (Å²) in [4.78, 5) is 12.0. The molecular weight excluding hydrogens is 394 g/mol. The molecule has 5 heteroatoms. The van der Waals surface area contributed by atoms with Crippen LogP contribution in [-0.4, -0.2) is 26.3 Å². The number of anilines is 2. The Hall–Kier alpha value is -3.21. The molecule has 0 spiro atoms. The van der Waals surface area contributed by atoms with Gasteiger partial charge in [0.2, 0.25) is 0 Å². The van der Waals surface area contributed by atoms with Crippen molar-refractivity contribution in [2.24, 2.45) is 7.05 Å². The fourth-order valence-electron chi connectivity index (χ4n) is 4.12. The van der Waals surface area contributed by atoms with Crippen LogP contribution in [-0.2, 0) is 19.9 Å². The number of nitrogens with zero attached hydrogens (tertiary/aromatic N) is 5. The summed E-state index contributed by atoms with van der Waals surface area (Å²) in [6, 6.07) is 13.5. The van der Waals surface area contributed by atoms with Gasteiger partial charge in [-0.05, 0) is 60.7 Å². The molecule has 5 nitrogen and oxygen atoms in total. The van der Waals surface area contributed by atoms with Crippen LogP contribution in [0.15, 0.2) is 55.0 Å². The lowest BCUT2D eigenvalue weighted by Gasteiger charge is -2.26. The molecule has 0 saturated heterocycles. The number of hydrogen-bond acceptors (Lipinski definition) is 4. The van der Waals surface area contributed by atoms with E-state index in [0.29, 0.717) is 0 Å². The molecule has 0 unspecified atom stereocenters. The molecule has 0 radical (unpaired) electrons. The Morgan fingerprint density at radius 3 is 2.44 bits per heavy atom. The topological polar surface area (TPSA) is 46.8 Å². The largest absolute Gasteiger partial charge is 0.341 e. The van der Waals surface area contributed by atoms with E-state index in [2.05, 4.69) is 72.2 Å². The van der Waals surface area contributed by atoms with Crippen molar-refractivity contribution in [1.82, 2.24) is 19.7 Å². The second kappa shape index (κ2) is 9.94. The van der Waals surface area contributed by atoms with E-state index >= 15 is 0 Å². The first-order chi connectivity index (χ1) is 15.6. The van der Waals surface area contributed by atoms with Gasteiger partial charge in [0.25, 0.3) is 0 Å². The van der Waals surface area contributed by atoms with E-state index in [1.54, 1.807) is 4.68 Å². The molecule has 0 atom stereocenters. The summed E-state index contributed by atoms with van der Waals surface area (Å²) in [7, 11) is 1.92. The Labute approximate surface area is 191 Å². The molecule has 0 saturated carbocycles. The van der Waals surface area contributed by atoms with Crippen LogP contribution in [0, 0.1) is 0 Å². The predicted octanol–water partition coefficient (Wildman–Crippen LogP) is 6.48. The highest BCUT2D eigenvalue weighted by atomic mass is 15.2. The fourth-order valence-corrected chi connectivity index (χ4v) is 4.12. The van der Waals surface area contributed by atoms with Crippen molar-refractivity contribution >= 4 is 22.4 Å². The molecule has 32 heavy (non-hydrogen) atoms. The van der Waals surface area contributed by atoms with Crippen molar-refractivity contribution in [3.63, 3.8) is 0 Å². The first-order valence-corrected chi connectivity index (χ1v) is 11.8. The summed E-state index contributed by atoms with van der Waals surface area (Å²) in [5.74, 6) is 0. The quantitative estimate of drug-likeness (QED) is 0.306. The van der Waals surface area contributed by atoms with Gasteiger partial charge in [-0.3, -0.25) is 9.67 Å². The van der Waals surface area contributed by atoms with Gasteiger partial charge < -0.3 is 4.90 Å². The van der Waals surface area contributed by atoms with Crippen LogP contribution in [0.2, 0.25) is 0 Å². The van der Waals surface area contributed by atoms with Crippen LogP contribution in [0.4, 0.5) is 11.4 Å². The smallest absolute Gasteiger partial charge is 0.0924 e. The third-order valence-electron chi connectivity index (χ3n) is 5.87. The van der Waals surface area contributed by atoms with Crippen molar-refractivity contribution in [3.8, 4) is 11.3 Å². The fraction of sp³-hybridized carbons (Fsp3) is 0.370. The highest BCUT2D eigenvalue weighted by Gasteiger charge is 2.13. The molecule has 0 bridgehead atoms. The average molecular weight is 428 g/mol. The van der Waals surface area contributed by atoms with Gasteiger partial charge in [0.05, 0.1) is 29.1 Å². The number of aryl methyl sites for hydroxylation is 3. The van der Waals surface area contributed by atoms with Gasteiger partial charge in [-0.25, -0.2) is 4.98 Å². The standard InChI is InChI=1S/C27H33N5/c1-5-8-12-32(24-14-20(7-3)13-21(15-24)9-6-2)23-10-11-25-26(16-23)30-27(18-28-25)22-17-29-31(4)19-22/h10-11,13-19H,5-9,12H2,1-4H3. The lowest BCUT2D eigenvalue weighted by atomic mass is 10.0. The SMILES string of the molecule is CCCCN(c1cc(CC)cc(CCC)c1)c1ccc2ncc(-c3cnn(C)c3)nc2c1.